The number of carboxylic acids is 1. The Morgan fingerprint density at radius 2 is 1.56 bits per heavy atom. The summed E-state index contributed by atoms with van der Waals surface area (Å²) >= 11 is 0. The molecule has 2 aromatic carbocycles. The molecule has 1 heterocycles. The van der Waals surface area contributed by atoms with Gasteiger partial charge in [-0.3, -0.25) is 14.6 Å². The molecule has 0 radical (unpaired) electrons. The van der Waals surface area contributed by atoms with Crippen molar-refractivity contribution >= 4 is 17.8 Å². The fourth-order valence-electron chi connectivity index (χ4n) is 3.74. The molecule has 1 aromatic heterocycles. The van der Waals surface area contributed by atoms with Crippen LogP contribution in [0.5, 0.6) is 0 Å². The van der Waals surface area contributed by atoms with Gasteiger partial charge in [0, 0.05) is 23.9 Å². The van der Waals surface area contributed by atoms with Crippen LogP contribution in [0.25, 0.3) is 0 Å². The van der Waals surface area contributed by atoms with Crippen molar-refractivity contribution in [2.45, 2.75) is 24.9 Å². The molecule has 188 valence electrons. The van der Waals surface area contributed by atoms with Crippen molar-refractivity contribution in [3.05, 3.63) is 106 Å². The number of carbonyl (C=O) groups excluding carboxylic acids is 1. The molecule has 9 nitrogen and oxygen atoms in total. The molecule has 0 aliphatic rings. The average Bonchev–Trinajstić information content (AvgIpc) is 2.84. The highest BCUT2D eigenvalue weighted by atomic mass is 19.1. The molecular weight excluding hydrogens is 472 g/mol. The second-order valence-corrected chi connectivity index (χ2v) is 7.89. The largest absolute Gasteiger partial charge is 0.480 e. The van der Waals surface area contributed by atoms with Crippen LogP contribution in [0.1, 0.15) is 40.4 Å². The SMILES string of the molecule is NC(N)=NCCCC(NC(=O)c1cccn(C(c2ccccc2F)c2ccccc2F)c1=O)C(=O)O. The predicted molar refractivity (Wildman–Crippen MR) is 130 cm³/mol. The molecule has 0 saturated heterocycles. The predicted octanol–water partition coefficient (Wildman–Crippen LogP) is 2.00. The number of nitrogens with zero attached hydrogens (tertiary/aromatic N) is 2. The first-order valence-corrected chi connectivity index (χ1v) is 11.0. The van der Waals surface area contributed by atoms with Gasteiger partial charge in [0.15, 0.2) is 5.96 Å². The van der Waals surface area contributed by atoms with Crippen molar-refractivity contribution in [2.75, 3.05) is 6.54 Å². The smallest absolute Gasteiger partial charge is 0.326 e. The summed E-state index contributed by atoms with van der Waals surface area (Å²) in [6.45, 7) is 0.160. The number of benzene rings is 2. The van der Waals surface area contributed by atoms with E-state index in [1.54, 1.807) is 12.1 Å². The summed E-state index contributed by atoms with van der Waals surface area (Å²) < 4.78 is 30.6. The van der Waals surface area contributed by atoms with Crippen LogP contribution >= 0.6 is 0 Å². The quantitative estimate of drug-likeness (QED) is 0.191. The summed E-state index contributed by atoms with van der Waals surface area (Å²) in [5.74, 6) is -3.72. The summed E-state index contributed by atoms with van der Waals surface area (Å²) in [5.41, 5.74) is 9.29. The fraction of sp³-hybridized carbons (Fsp3) is 0.200. The van der Waals surface area contributed by atoms with Gasteiger partial charge in [-0.25, -0.2) is 13.6 Å². The third-order valence-electron chi connectivity index (χ3n) is 5.45. The van der Waals surface area contributed by atoms with Crippen molar-refractivity contribution in [3.63, 3.8) is 0 Å². The number of carboxylic acid groups (broad SMARTS) is 1. The highest BCUT2D eigenvalue weighted by Crippen LogP contribution is 2.29. The van der Waals surface area contributed by atoms with Crippen LogP contribution in [-0.2, 0) is 4.79 Å². The topological polar surface area (TPSA) is 153 Å². The Bertz CT molecular complexity index is 1290. The third-order valence-corrected chi connectivity index (χ3v) is 5.45. The van der Waals surface area contributed by atoms with Gasteiger partial charge in [0.2, 0.25) is 0 Å². The van der Waals surface area contributed by atoms with Crippen molar-refractivity contribution in [2.24, 2.45) is 16.5 Å². The van der Waals surface area contributed by atoms with Gasteiger partial charge in [0.1, 0.15) is 23.2 Å². The maximum Gasteiger partial charge on any atom is 0.326 e. The Morgan fingerprint density at radius 3 is 2.08 bits per heavy atom. The lowest BCUT2D eigenvalue weighted by Gasteiger charge is -2.23. The molecule has 0 fully saturated rings. The lowest BCUT2D eigenvalue weighted by atomic mass is 9.97. The molecule has 1 atom stereocenters. The van der Waals surface area contributed by atoms with Crippen LogP contribution in [0, 0.1) is 11.6 Å². The van der Waals surface area contributed by atoms with E-state index in [-0.39, 0.29) is 42.0 Å². The van der Waals surface area contributed by atoms with Crippen molar-refractivity contribution < 1.29 is 23.5 Å². The van der Waals surface area contributed by atoms with Crippen LogP contribution in [-0.4, -0.2) is 40.1 Å². The van der Waals surface area contributed by atoms with E-state index in [9.17, 15) is 28.3 Å². The Labute approximate surface area is 205 Å². The number of aromatic nitrogens is 1. The van der Waals surface area contributed by atoms with Gasteiger partial charge in [-0.2, -0.15) is 0 Å². The van der Waals surface area contributed by atoms with E-state index < -0.39 is 41.2 Å². The highest BCUT2D eigenvalue weighted by Gasteiger charge is 2.27. The zero-order valence-electron chi connectivity index (χ0n) is 19.1. The molecule has 1 amide bonds. The monoisotopic (exact) mass is 497 g/mol. The van der Waals surface area contributed by atoms with Crippen LogP contribution in [0.15, 0.2) is 76.6 Å². The molecule has 3 rings (SSSR count). The molecular formula is C25H25F2N5O4. The summed E-state index contributed by atoms with van der Waals surface area (Å²) in [6.07, 6.45) is 1.58. The molecule has 3 aromatic rings. The van der Waals surface area contributed by atoms with Crippen molar-refractivity contribution in [1.82, 2.24) is 9.88 Å². The first-order valence-electron chi connectivity index (χ1n) is 11.0. The third kappa shape index (κ3) is 6.12. The summed E-state index contributed by atoms with van der Waals surface area (Å²) in [4.78, 5) is 41.7. The minimum absolute atomic E-state index is 0.00591. The second-order valence-electron chi connectivity index (χ2n) is 7.89. The summed E-state index contributed by atoms with van der Waals surface area (Å²) in [7, 11) is 0. The number of guanidine groups is 1. The fourth-order valence-corrected chi connectivity index (χ4v) is 3.74. The minimum Gasteiger partial charge on any atom is -0.480 e. The normalized spacial score (nSPS) is 11.6. The number of pyridine rings is 1. The standard InChI is InChI=1S/C25H25F2N5O4/c26-18-10-3-1-7-15(18)21(16-8-2-4-11-19(16)27)32-14-6-9-17(23(32)34)22(33)31-20(24(35)36)12-5-13-30-25(28)29/h1-4,6-11,14,20-21H,5,12-13H2,(H,31,33)(H,35,36)(H4,28,29,30). The number of hydrogen-bond donors (Lipinski definition) is 4. The summed E-state index contributed by atoms with van der Waals surface area (Å²) in [6, 6.07) is 11.3. The van der Waals surface area contributed by atoms with Gasteiger partial charge in [-0.05, 0) is 37.1 Å². The summed E-state index contributed by atoms with van der Waals surface area (Å²) in [5, 5.41) is 11.8. The number of hydrogen-bond acceptors (Lipinski definition) is 4. The number of carbonyl (C=O) groups is 2. The lowest BCUT2D eigenvalue weighted by Crippen LogP contribution is -2.43. The van der Waals surface area contributed by atoms with Crippen LogP contribution < -0.4 is 22.3 Å². The van der Waals surface area contributed by atoms with E-state index in [2.05, 4.69) is 10.3 Å². The van der Waals surface area contributed by atoms with Gasteiger partial charge in [-0.1, -0.05) is 36.4 Å². The maximum absolute atomic E-state index is 14.8. The van der Waals surface area contributed by atoms with Crippen LogP contribution in [0.3, 0.4) is 0 Å². The molecule has 0 aliphatic carbocycles. The van der Waals surface area contributed by atoms with E-state index >= 15 is 0 Å². The van der Waals surface area contributed by atoms with E-state index in [4.69, 9.17) is 11.5 Å². The molecule has 0 saturated carbocycles. The number of nitrogens with one attached hydrogen (secondary N) is 1. The van der Waals surface area contributed by atoms with Crippen LogP contribution in [0.4, 0.5) is 8.78 Å². The minimum atomic E-state index is -1.31. The number of halogens is 2. The Kier molecular flexibility index (Phi) is 8.50. The van der Waals surface area contributed by atoms with Crippen molar-refractivity contribution in [3.8, 4) is 0 Å². The van der Waals surface area contributed by atoms with Gasteiger partial charge >= 0.3 is 5.97 Å². The second kappa shape index (κ2) is 11.7. The molecule has 11 heteroatoms. The number of nitrogens with two attached hydrogens (primary N) is 2. The number of aliphatic carboxylic acids is 1. The van der Waals surface area contributed by atoms with E-state index in [1.807, 2.05) is 0 Å². The molecule has 6 N–H and O–H groups in total. The molecule has 1 unspecified atom stereocenters. The molecule has 0 spiro atoms. The lowest BCUT2D eigenvalue weighted by molar-refractivity contribution is -0.139. The maximum atomic E-state index is 14.8. The molecule has 0 bridgehead atoms. The first-order chi connectivity index (χ1) is 17.2. The van der Waals surface area contributed by atoms with Gasteiger partial charge in [-0.15, -0.1) is 0 Å². The molecule has 0 aliphatic heterocycles. The number of amides is 1. The highest BCUT2D eigenvalue weighted by molar-refractivity contribution is 5.96. The van der Waals surface area contributed by atoms with Gasteiger partial charge in [0.25, 0.3) is 11.5 Å². The first kappa shape index (κ1) is 26.1. The Balaban J connectivity index is 1.98. The van der Waals surface area contributed by atoms with Crippen molar-refractivity contribution in [1.29, 1.82) is 0 Å². The van der Waals surface area contributed by atoms with Gasteiger partial charge in [0.05, 0.1) is 6.04 Å². The Hall–Kier alpha value is -4.54. The van der Waals surface area contributed by atoms with Gasteiger partial charge < -0.3 is 26.5 Å². The zero-order chi connectivity index (χ0) is 26.2. The Morgan fingerprint density at radius 1 is 0.972 bits per heavy atom. The zero-order valence-corrected chi connectivity index (χ0v) is 19.1. The number of aliphatic imine (C=N–C) groups is 1. The average molecular weight is 498 g/mol. The number of rotatable bonds is 10. The van der Waals surface area contributed by atoms with E-state index in [0.29, 0.717) is 0 Å². The van der Waals surface area contributed by atoms with E-state index in [1.165, 1.54) is 54.7 Å². The molecule has 36 heavy (non-hydrogen) atoms. The van der Waals surface area contributed by atoms with Crippen LogP contribution in [0.2, 0.25) is 0 Å². The van der Waals surface area contributed by atoms with E-state index in [0.717, 1.165) is 4.57 Å².